The van der Waals surface area contributed by atoms with Gasteiger partial charge in [0.1, 0.15) is 0 Å². The summed E-state index contributed by atoms with van der Waals surface area (Å²) in [6, 6.07) is 1.57. The van der Waals surface area contributed by atoms with Crippen molar-refractivity contribution >= 4 is 5.91 Å². The van der Waals surface area contributed by atoms with Crippen molar-refractivity contribution in [1.82, 2.24) is 5.32 Å². The van der Waals surface area contributed by atoms with Gasteiger partial charge in [-0.25, -0.2) is 13.2 Å². The molecule has 0 fully saturated rings. The number of halogens is 3. The maximum atomic E-state index is 13.2. The summed E-state index contributed by atoms with van der Waals surface area (Å²) < 4.78 is 43.7. The van der Waals surface area contributed by atoms with E-state index in [9.17, 15) is 18.0 Å². The second-order valence-electron chi connectivity index (χ2n) is 3.38. The highest BCUT2D eigenvalue weighted by Crippen LogP contribution is 2.14. The van der Waals surface area contributed by atoms with Gasteiger partial charge < -0.3 is 15.8 Å². The van der Waals surface area contributed by atoms with Gasteiger partial charge in [0.2, 0.25) is 0 Å². The summed E-state index contributed by atoms with van der Waals surface area (Å²) in [5.74, 6) is -5.34. The van der Waals surface area contributed by atoms with Crippen LogP contribution in [0, 0.1) is 17.5 Å². The normalized spacial score (nSPS) is 10.4. The average Bonchev–Trinajstić information content (AvgIpc) is 2.35. The zero-order chi connectivity index (χ0) is 13.5. The minimum absolute atomic E-state index is 0.122. The first-order valence-corrected chi connectivity index (χ1v) is 5.27. The number of ether oxygens (including phenoxy) is 1. The van der Waals surface area contributed by atoms with Gasteiger partial charge in [0, 0.05) is 13.1 Å². The van der Waals surface area contributed by atoms with E-state index < -0.39 is 28.9 Å². The third-order valence-electron chi connectivity index (χ3n) is 2.07. The fourth-order valence-corrected chi connectivity index (χ4v) is 1.22. The Morgan fingerprint density at radius 2 is 1.94 bits per heavy atom. The standard InChI is InChI=1S/C11H13F3N2O2/c12-8-2-1-7(9(13)10(8)14)11(17)16-4-6-18-5-3-15/h1-2H,3-6,15H2,(H,16,17). The smallest absolute Gasteiger partial charge is 0.254 e. The second kappa shape index (κ2) is 6.97. The molecule has 0 saturated carbocycles. The van der Waals surface area contributed by atoms with E-state index in [4.69, 9.17) is 10.5 Å². The van der Waals surface area contributed by atoms with Gasteiger partial charge in [0.15, 0.2) is 17.5 Å². The van der Waals surface area contributed by atoms with Crippen molar-refractivity contribution in [3.8, 4) is 0 Å². The van der Waals surface area contributed by atoms with Crippen LogP contribution in [-0.4, -0.2) is 32.2 Å². The van der Waals surface area contributed by atoms with Crippen LogP contribution in [0.2, 0.25) is 0 Å². The molecule has 4 nitrogen and oxygen atoms in total. The lowest BCUT2D eigenvalue weighted by molar-refractivity contribution is 0.0914. The first-order chi connectivity index (χ1) is 8.57. The second-order valence-corrected chi connectivity index (χ2v) is 3.38. The molecule has 1 aromatic carbocycles. The van der Waals surface area contributed by atoms with E-state index in [1.54, 1.807) is 0 Å². The van der Waals surface area contributed by atoms with E-state index in [1.807, 2.05) is 0 Å². The number of hydrogen-bond acceptors (Lipinski definition) is 3. The molecule has 0 unspecified atom stereocenters. The van der Waals surface area contributed by atoms with Crippen molar-refractivity contribution in [3.05, 3.63) is 35.1 Å². The van der Waals surface area contributed by atoms with Gasteiger partial charge in [-0.1, -0.05) is 0 Å². The minimum atomic E-state index is -1.66. The van der Waals surface area contributed by atoms with Crippen molar-refractivity contribution in [1.29, 1.82) is 0 Å². The lowest BCUT2D eigenvalue weighted by atomic mass is 10.2. The molecule has 3 N–H and O–H groups in total. The highest BCUT2D eigenvalue weighted by molar-refractivity contribution is 5.94. The van der Waals surface area contributed by atoms with Crippen LogP contribution in [0.3, 0.4) is 0 Å². The molecule has 0 aromatic heterocycles. The minimum Gasteiger partial charge on any atom is -0.378 e. The monoisotopic (exact) mass is 262 g/mol. The number of carbonyl (C=O) groups is 1. The van der Waals surface area contributed by atoms with Crippen LogP contribution in [0.15, 0.2) is 12.1 Å². The Morgan fingerprint density at radius 1 is 1.22 bits per heavy atom. The van der Waals surface area contributed by atoms with Gasteiger partial charge in [-0.05, 0) is 12.1 Å². The number of benzene rings is 1. The van der Waals surface area contributed by atoms with Crippen LogP contribution >= 0.6 is 0 Å². The van der Waals surface area contributed by atoms with Crippen LogP contribution in [0.25, 0.3) is 0 Å². The molecular formula is C11H13F3N2O2. The summed E-state index contributed by atoms with van der Waals surface area (Å²) >= 11 is 0. The van der Waals surface area contributed by atoms with E-state index in [1.165, 1.54) is 0 Å². The van der Waals surface area contributed by atoms with Crippen LogP contribution in [0.4, 0.5) is 13.2 Å². The van der Waals surface area contributed by atoms with Crippen molar-refractivity contribution in [2.24, 2.45) is 5.73 Å². The predicted octanol–water partition coefficient (Wildman–Crippen LogP) is 0.809. The number of nitrogens with one attached hydrogen (secondary N) is 1. The molecule has 0 aliphatic heterocycles. The first-order valence-electron chi connectivity index (χ1n) is 5.27. The Labute approximate surface area is 102 Å². The number of rotatable bonds is 6. The highest BCUT2D eigenvalue weighted by Gasteiger charge is 2.18. The molecule has 0 aliphatic rings. The third kappa shape index (κ3) is 3.71. The van der Waals surface area contributed by atoms with Crippen molar-refractivity contribution in [2.75, 3.05) is 26.3 Å². The van der Waals surface area contributed by atoms with E-state index in [0.29, 0.717) is 19.2 Å². The number of carbonyl (C=O) groups excluding carboxylic acids is 1. The number of nitrogens with two attached hydrogens (primary N) is 1. The molecule has 0 bridgehead atoms. The zero-order valence-electron chi connectivity index (χ0n) is 9.51. The summed E-state index contributed by atoms with van der Waals surface area (Å²) in [6.07, 6.45) is 0. The molecule has 0 saturated heterocycles. The Balaban J connectivity index is 2.54. The van der Waals surface area contributed by atoms with Gasteiger partial charge in [-0.3, -0.25) is 4.79 Å². The molecule has 0 aliphatic carbocycles. The molecule has 0 spiro atoms. The van der Waals surface area contributed by atoms with Gasteiger partial charge in [-0.2, -0.15) is 0 Å². The molecule has 100 valence electrons. The average molecular weight is 262 g/mol. The van der Waals surface area contributed by atoms with Crippen LogP contribution < -0.4 is 11.1 Å². The van der Waals surface area contributed by atoms with Crippen molar-refractivity contribution in [2.45, 2.75) is 0 Å². The van der Waals surface area contributed by atoms with Gasteiger partial charge >= 0.3 is 0 Å². The maximum Gasteiger partial charge on any atom is 0.254 e. The van der Waals surface area contributed by atoms with Gasteiger partial charge in [-0.15, -0.1) is 0 Å². The Morgan fingerprint density at radius 3 is 2.61 bits per heavy atom. The summed E-state index contributed by atoms with van der Waals surface area (Å²) in [5, 5.41) is 2.31. The molecule has 0 radical (unpaired) electrons. The summed E-state index contributed by atoms with van der Waals surface area (Å²) in [6.45, 7) is 1.02. The number of hydrogen-bond donors (Lipinski definition) is 2. The number of amides is 1. The summed E-state index contributed by atoms with van der Waals surface area (Å²) in [7, 11) is 0. The van der Waals surface area contributed by atoms with Crippen LogP contribution in [0.1, 0.15) is 10.4 Å². The Kier molecular flexibility index (Phi) is 5.60. The third-order valence-corrected chi connectivity index (χ3v) is 2.07. The van der Waals surface area contributed by atoms with Gasteiger partial charge in [0.25, 0.3) is 5.91 Å². The quantitative estimate of drug-likeness (QED) is 0.589. The van der Waals surface area contributed by atoms with Crippen molar-refractivity contribution < 1.29 is 22.7 Å². The van der Waals surface area contributed by atoms with E-state index >= 15 is 0 Å². The zero-order valence-corrected chi connectivity index (χ0v) is 9.51. The molecule has 0 heterocycles. The van der Waals surface area contributed by atoms with E-state index in [2.05, 4.69) is 5.32 Å². The lowest BCUT2D eigenvalue weighted by Crippen LogP contribution is -2.29. The molecule has 7 heteroatoms. The topological polar surface area (TPSA) is 64.3 Å². The molecular weight excluding hydrogens is 249 g/mol. The Hall–Kier alpha value is -1.60. The fraction of sp³-hybridized carbons (Fsp3) is 0.364. The summed E-state index contributed by atoms with van der Waals surface area (Å²) in [4.78, 5) is 11.4. The maximum absolute atomic E-state index is 13.2. The van der Waals surface area contributed by atoms with Crippen LogP contribution in [-0.2, 0) is 4.74 Å². The molecule has 18 heavy (non-hydrogen) atoms. The Bertz CT molecular complexity index is 427. The SMILES string of the molecule is NCCOCCNC(=O)c1ccc(F)c(F)c1F. The van der Waals surface area contributed by atoms with Gasteiger partial charge in [0.05, 0.1) is 18.8 Å². The lowest BCUT2D eigenvalue weighted by Gasteiger charge is -2.07. The molecule has 0 atom stereocenters. The fourth-order valence-electron chi connectivity index (χ4n) is 1.22. The summed E-state index contributed by atoms with van der Waals surface area (Å²) in [5.41, 5.74) is 4.62. The molecule has 1 amide bonds. The molecule has 1 aromatic rings. The van der Waals surface area contributed by atoms with Crippen molar-refractivity contribution in [3.63, 3.8) is 0 Å². The predicted molar refractivity (Wildman–Crippen MR) is 58.5 cm³/mol. The van der Waals surface area contributed by atoms with Crippen LogP contribution in [0.5, 0.6) is 0 Å². The molecule has 1 rings (SSSR count). The largest absolute Gasteiger partial charge is 0.378 e. The van der Waals surface area contributed by atoms with E-state index in [-0.39, 0.29) is 13.2 Å². The highest BCUT2D eigenvalue weighted by atomic mass is 19.2. The first kappa shape index (κ1) is 14.5. The van der Waals surface area contributed by atoms with E-state index in [0.717, 1.165) is 6.07 Å².